The number of ether oxygens (including phenoxy) is 3. The maximum Gasteiger partial charge on any atom is 0.350 e. The summed E-state index contributed by atoms with van der Waals surface area (Å²) in [4.78, 5) is 33.7. The lowest BCUT2D eigenvalue weighted by molar-refractivity contribution is -0.115. The van der Waals surface area contributed by atoms with Gasteiger partial charge < -0.3 is 19.5 Å². The third-order valence-electron chi connectivity index (χ3n) is 3.80. The number of nitrogens with one attached hydrogen (secondary N) is 1. The summed E-state index contributed by atoms with van der Waals surface area (Å²) in [7, 11) is 3.11. The van der Waals surface area contributed by atoms with E-state index in [1.807, 2.05) is 6.07 Å². The second kappa shape index (κ2) is 9.10. The molecule has 1 saturated heterocycles. The van der Waals surface area contributed by atoms with E-state index in [2.05, 4.69) is 15.3 Å². The lowest BCUT2D eigenvalue weighted by atomic mass is 10.2. The number of thioether (sulfide) groups is 1. The molecule has 152 valence electrons. The minimum absolute atomic E-state index is 0.262. The average molecular weight is 434 g/mol. The number of amidine groups is 1. The van der Waals surface area contributed by atoms with Gasteiger partial charge in [-0.2, -0.15) is 4.99 Å². The van der Waals surface area contributed by atoms with Gasteiger partial charge in [-0.25, -0.2) is 9.78 Å². The number of thiazole rings is 1. The Kier molecular flexibility index (Phi) is 6.55. The Hall–Kier alpha value is -2.85. The van der Waals surface area contributed by atoms with Gasteiger partial charge in [0.25, 0.3) is 5.91 Å². The molecular weight excluding hydrogens is 414 g/mol. The van der Waals surface area contributed by atoms with Gasteiger partial charge in [0.05, 0.1) is 31.4 Å². The molecule has 29 heavy (non-hydrogen) atoms. The average Bonchev–Trinajstić information content (AvgIpc) is 3.23. The van der Waals surface area contributed by atoms with Crippen LogP contribution in [0.1, 0.15) is 27.9 Å². The molecule has 1 aliphatic heterocycles. The molecule has 0 atom stereocenters. The summed E-state index contributed by atoms with van der Waals surface area (Å²) in [5, 5.41) is 3.48. The fraction of sp³-hybridized carbons (Fsp3) is 0.263. The van der Waals surface area contributed by atoms with Crippen molar-refractivity contribution in [3.05, 3.63) is 39.2 Å². The van der Waals surface area contributed by atoms with Crippen LogP contribution in [0.3, 0.4) is 0 Å². The van der Waals surface area contributed by atoms with E-state index in [-0.39, 0.29) is 12.5 Å². The van der Waals surface area contributed by atoms with Crippen molar-refractivity contribution in [1.29, 1.82) is 0 Å². The largest absolute Gasteiger partial charge is 0.493 e. The molecular formula is C19H19N3O5S2. The predicted octanol–water partition coefficient (Wildman–Crippen LogP) is 3.54. The van der Waals surface area contributed by atoms with E-state index in [4.69, 9.17) is 14.2 Å². The normalized spacial score (nSPS) is 16.2. The van der Waals surface area contributed by atoms with Gasteiger partial charge in [-0.3, -0.25) is 4.79 Å². The summed E-state index contributed by atoms with van der Waals surface area (Å²) in [5.74, 6) is 0.495. The number of benzene rings is 1. The Morgan fingerprint density at radius 1 is 1.28 bits per heavy atom. The molecule has 1 fully saturated rings. The Morgan fingerprint density at radius 3 is 2.72 bits per heavy atom. The number of rotatable bonds is 6. The van der Waals surface area contributed by atoms with Crippen molar-refractivity contribution in [3.63, 3.8) is 0 Å². The molecule has 0 radical (unpaired) electrons. The van der Waals surface area contributed by atoms with Crippen LogP contribution in [-0.4, -0.2) is 42.9 Å². The number of hydrogen-bond donors (Lipinski definition) is 1. The molecule has 1 aromatic heterocycles. The van der Waals surface area contributed by atoms with Gasteiger partial charge in [0.1, 0.15) is 4.88 Å². The van der Waals surface area contributed by atoms with Gasteiger partial charge in [0.15, 0.2) is 16.7 Å². The van der Waals surface area contributed by atoms with E-state index in [9.17, 15) is 9.59 Å². The van der Waals surface area contributed by atoms with Crippen molar-refractivity contribution in [2.24, 2.45) is 4.99 Å². The number of methoxy groups -OCH3 is 2. The highest BCUT2D eigenvalue weighted by Gasteiger charge is 2.25. The highest BCUT2D eigenvalue weighted by molar-refractivity contribution is 8.18. The molecule has 10 heteroatoms. The van der Waals surface area contributed by atoms with E-state index in [1.165, 1.54) is 11.8 Å². The Bertz CT molecular complexity index is 1010. The first-order valence-electron chi connectivity index (χ1n) is 8.61. The summed E-state index contributed by atoms with van der Waals surface area (Å²) < 4.78 is 15.5. The van der Waals surface area contributed by atoms with Crippen LogP contribution in [0.4, 0.5) is 5.13 Å². The predicted molar refractivity (Wildman–Crippen MR) is 113 cm³/mol. The van der Waals surface area contributed by atoms with Gasteiger partial charge in [-0.05, 0) is 49.4 Å². The lowest BCUT2D eigenvalue weighted by Crippen LogP contribution is -2.19. The molecule has 0 spiro atoms. The molecule has 0 saturated carbocycles. The monoisotopic (exact) mass is 433 g/mol. The second-order valence-electron chi connectivity index (χ2n) is 5.73. The number of carbonyl (C=O) groups excluding carboxylic acids is 2. The zero-order valence-electron chi connectivity index (χ0n) is 16.3. The molecule has 1 aliphatic rings. The summed E-state index contributed by atoms with van der Waals surface area (Å²) in [6, 6.07) is 5.38. The number of aliphatic imine (C=N–C) groups is 1. The smallest absolute Gasteiger partial charge is 0.350 e. The molecule has 0 unspecified atom stereocenters. The van der Waals surface area contributed by atoms with Crippen molar-refractivity contribution >= 4 is 51.4 Å². The van der Waals surface area contributed by atoms with Crippen LogP contribution >= 0.6 is 23.1 Å². The number of hydrogen-bond acceptors (Lipinski definition) is 9. The molecule has 1 N–H and O–H groups in total. The van der Waals surface area contributed by atoms with Crippen LogP contribution in [0, 0.1) is 6.92 Å². The van der Waals surface area contributed by atoms with Crippen molar-refractivity contribution in [2.45, 2.75) is 13.8 Å². The topological polar surface area (TPSA) is 99.1 Å². The number of nitrogens with zero attached hydrogens (tertiary/aromatic N) is 2. The number of esters is 1. The Labute approximate surface area is 176 Å². The number of aromatic nitrogens is 1. The fourth-order valence-corrected chi connectivity index (χ4v) is 4.20. The van der Waals surface area contributed by atoms with E-state index in [0.29, 0.717) is 37.3 Å². The molecule has 0 aliphatic carbocycles. The maximum atomic E-state index is 12.3. The quantitative estimate of drug-likeness (QED) is 0.549. The third kappa shape index (κ3) is 4.77. The standard InChI is InChI=1S/C19H19N3O5S2/c1-5-27-17(24)15-10(2)20-18(29-15)22-19-21-16(23)14(28-19)9-11-6-7-12(25-3)13(8-11)26-4/h6-9H,5H2,1-4H3,(H,20,21,22,23)/b14-9-. The molecule has 0 bridgehead atoms. The van der Waals surface area contributed by atoms with Crippen molar-refractivity contribution in [2.75, 3.05) is 20.8 Å². The molecule has 1 aromatic carbocycles. The van der Waals surface area contributed by atoms with Gasteiger partial charge in [-0.15, -0.1) is 0 Å². The summed E-state index contributed by atoms with van der Waals surface area (Å²) >= 11 is 2.32. The van der Waals surface area contributed by atoms with Crippen LogP contribution in [0.5, 0.6) is 11.5 Å². The second-order valence-corrected chi connectivity index (χ2v) is 7.74. The van der Waals surface area contributed by atoms with Gasteiger partial charge in [0, 0.05) is 0 Å². The number of aryl methyl sites for hydroxylation is 1. The highest BCUT2D eigenvalue weighted by Crippen LogP contribution is 2.33. The Balaban J connectivity index is 1.81. The molecule has 3 rings (SSSR count). The van der Waals surface area contributed by atoms with Crippen molar-refractivity contribution in [1.82, 2.24) is 10.3 Å². The first kappa shape index (κ1) is 20.9. The van der Waals surface area contributed by atoms with Gasteiger partial charge in [0.2, 0.25) is 5.13 Å². The summed E-state index contributed by atoms with van der Waals surface area (Å²) in [6.07, 6.45) is 1.74. The van der Waals surface area contributed by atoms with Gasteiger partial charge in [-0.1, -0.05) is 17.4 Å². The first-order chi connectivity index (χ1) is 13.9. The SMILES string of the molecule is CCOC(=O)c1sc(/N=C2\NC(=O)/C(=C/c3ccc(OC)c(OC)c3)S2)nc1C. The van der Waals surface area contributed by atoms with Crippen LogP contribution in [0.15, 0.2) is 28.1 Å². The van der Waals surface area contributed by atoms with E-state index in [0.717, 1.165) is 16.9 Å². The Morgan fingerprint density at radius 2 is 2.03 bits per heavy atom. The molecule has 8 nitrogen and oxygen atoms in total. The zero-order valence-corrected chi connectivity index (χ0v) is 17.9. The molecule has 1 amide bonds. The first-order valence-corrected chi connectivity index (χ1v) is 10.2. The van der Waals surface area contributed by atoms with Crippen molar-refractivity contribution < 1.29 is 23.8 Å². The summed E-state index contributed by atoms with van der Waals surface area (Å²) in [6.45, 7) is 3.75. The zero-order chi connectivity index (χ0) is 21.0. The minimum atomic E-state index is -0.425. The van der Waals surface area contributed by atoms with E-state index >= 15 is 0 Å². The number of carbonyl (C=O) groups is 2. The molecule has 2 heterocycles. The fourth-order valence-electron chi connectivity index (χ4n) is 2.48. The van der Waals surface area contributed by atoms with E-state index < -0.39 is 5.97 Å². The maximum absolute atomic E-state index is 12.3. The minimum Gasteiger partial charge on any atom is -0.493 e. The van der Waals surface area contributed by atoms with Crippen LogP contribution in [0.2, 0.25) is 0 Å². The van der Waals surface area contributed by atoms with Crippen LogP contribution in [0.25, 0.3) is 6.08 Å². The van der Waals surface area contributed by atoms with Crippen molar-refractivity contribution in [3.8, 4) is 11.5 Å². The van der Waals surface area contributed by atoms with E-state index in [1.54, 1.807) is 46.3 Å². The summed E-state index contributed by atoms with van der Waals surface area (Å²) in [5.41, 5.74) is 1.33. The lowest BCUT2D eigenvalue weighted by Gasteiger charge is -2.07. The number of amides is 1. The van der Waals surface area contributed by atoms with Crippen LogP contribution < -0.4 is 14.8 Å². The third-order valence-corrected chi connectivity index (χ3v) is 5.74. The van der Waals surface area contributed by atoms with Gasteiger partial charge >= 0.3 is 5.97 Å². The molecule has 2 aromatic rings. The highest BCUT2D eigenvalue weighted by atomic mass is 32.2. The van der Waals surface area contributed by atoms with Crippen LogP contribution in [-0.2, 0) is 9.53 Å².